The lowest BCUT2D eigenvalue weighted by Gasteiger charge is -2.26. The molecule has 1 atom stereocenters. The number of nitrogens with zero attached hydrogens (tertiary/aromatic N) is 6. The van der Waals surface area contributed by atoms with Crippen LogP contribution < -0.4 is 4.74 Å². The molecule has 166 valence electrons. The van der Waals surface area contributed by atoms with Crippen molar-refractivity contribution in [2.75, 3.05) is 33.3 Å². The number of methoxy groups -OCH3 is 1. The zero-order valence-electron chi connectivity index (χ0n) is 18.0. The molecule has 4 rings (SSSR count). The highest BCUT2D eigenvalue weighted by Gasteiger charge is 2.30. The highest BCUT2D eigenvalue weighted by atomic mass is 16.5. The number of ether oxygens (including phenoxy) is 1. The predicted octanol–water partition coefficient (Wildman–Crippen LogP) is 1.84. The van der Waals surface area contributed by atoms with E-state index in [2.05, 4.69) is 15.5 Å². The summed E-state index contributed by atoms with van der Waals surface area (Å²) in [5.41, 5.74) is 1.56. The van der Waals surface area contributed by atoms with Gasteiger partial charge in [0.15, 0.2) is 0 Å². The Hall–Kier alpha value is -3.75. The van der Waals surface area contributed by atoms with Crippen LogP contribution in [0.1, 0.15) is 28.4 Å². The van der Waals surface area contributed by atoms with Gasteiger partial charge in [-0.1, -0.05) is 42.5 Å². The van der Waals surface area contributed by atoms with Gasteiger partial charge in [-0.05, 0) is 34.5 Å². The molecule has 1 fully saturated rings. The number of hydrogen-bond acceptors (Lipinski definition) is 6. The largest absolute Gasteiger partial charge is 0.496 e. The molecule has 2 aromatic carbocycles. The fraction of sp³-hybridized carbons (Fsp3) is 0.348. The molecule has 1 unspecified atom stereocenters. The van der Waals surface area contributed by atoms with Gasteiger partial charge >= 0.3 is 0 Å². The van der Waals surface area contributed by atoms with Crippen molar-refractivity contribution in [1.82, 2.24) is 30.0 Å². The maximum atomic E-state index is 13.5. The smallest absolute Gasteiger partial charge is 0.257 e. The van der Waals surface area contributed by atoms with E-state index in [0.29, 0.717) is 50.3 Å². The molecule has 0 N–H and O–H groups in total. The van der Waals surface area contributed by atoms with Gasteiger partial charge in [0.1, 0.15) is 18.1 Å². The summed E-state index contributed by atoms with van der Waals surface area (Å²) < 4.78 is 6.86. The van der Waals surface area contributed by atoms with E-state index in [1.807, 2.05) is 47.4 Å². The fourth-order valence-corrected chi connectivity index (χ4v) is 3.99. The Morgan fingerprint density at radius 1 is 0.969 bits per heavy atom. The first-order chi connectivity index (χ1) is 15.7. The van der Waals surface area contributed by atoms with E-state index in [0.717, 1.165) is 5.56 Å². The average Bonchev–Trinajstić information content (AvgIpc) is 3.26. The first-order valence-corrected chi connectivity index (χ1v) is 10.6. The maximum absolute atomic E-state index is 13.5. The Morgan fingerprint density at radius 3 is 2.44 bits per heavy atom. The molecular weight excluding hydrogens is 408 g/mol. The topological polar surface area (TPSA) is 93.5 Å². The van der Waals surface area contributed by atoms with Crippen LogP contribution in [0.3, 0.4) is 0 Å². The van der Waals surface area contributed by atoms with E-state index in [1.54, 1.807) is 24.1 Å². The lowest BCUT2D eigenvalue weighted by molar-refractivity contribution is -0.135. The van der Waals surface area contributed by atoms with Gasteiger partial charge in [0.25, 0.3) is 5.91 Å². The van der Waals surface area contributed by atoms with E-state index >= 15 is 0 Å². The third kappa shape index (κ3) is 4.77. The molecule has 32 heavy (non-hydrogen) atoms. The van der Waals surface area contributed by atoms with Crippen LogP contribution in [0.25, 0.3) is 0 Å². The quantitative estimate of drug-likeness (QED) is 0.588. The van der Waals surface area contributed by atoms with Crippen LogP contribution in [0.2, 0.25) is 0 Å². The van der Waals surface area contributed by atoms with Crippen molar-refractivity contribution in [2.45, 2.75) is 18.9 Å². The number of carbonyl (C=O) groups is 2. The summed E-state index contributed by atoms with van der Waals surface area (Å²) in [6.45, 7) is 2.06. The molecule has 0 bridgehead atoms. The number of tetrazole rings is 1. The molecule has 1 aliphatic heterocycles. The molecule has 9 nitrogen and oxygen atoms in total. The number of aromatic nitrogens is 4. The molecule has 2 heterocycles. The minimum atomic E-state index is -0.538. The van der Waals surface area contributed by atoms with Gasteiger partial charge in [-0.25, -0.2) is 4.68 Å². The van der Waals surface area contributed by atoms with E-state index in [-0.39, 0.29) is 11.8 Å². The Kier molecular flexibility index (Phi) is 6.74. The molecule has 2 amide bonds. The third-order valence-corrected chi connectivity index (χ3v) is 5.67. The minimum absolute atomic E-state index is 0.0484. The molecule has 0 saturated carbocycles. The number of amides is 2. The van der Waals surface area contributed by atoms with E-state index in [4.69, 9.17) is 4.74 Å². The third-order valence-electron chi connectivity index (χ3n) is 5.67. The van der Waals surface area contributed by atoms with Crippen LogP contribution in [0.4, 0.5) is 0 Å². The Balaban J connectivity index is 1.47. The summed E-state index contributed by atoms with van der Waals surface area (Å²) in [4.78, 5) is 30.2. The number of benzene rings is 2. The summed E-state index contributed by atoms with van der Waals surface area (Å²) in [6.07, 6.45) is 2.66. The van der Waals surface area contributed by atoms with E-state index < -0.39 is 6.04 Å². The highest BCUT2D eigenvalue weighted by molar-refractivity contribution is 5.97. The lowest BCUT2D eigenvalue weighted by atomic mass is 10.0. The van der Waals surface area contributed by atoms with Crippen molar-refractivity contribution >= 4 is 11.8 Å². The average molecular weight is 435 g/mol. The number of rotatable bonds is 6. The van der Waals surface area contributed by atoms with Gasteiger partial charge in [-0.3, -0.25) is 9.59 Å². The molecule has 0 spiro atoms. The van der Waals surface area contributed by atoms with Crippen LogP contribution in [0.5, 0.6) is 5.75 Å². The summed E-state index contributed by atoms with van der Waals surface area (Å²) >= 11 is 0. The van der Waals surface area contributed by atoms with Crippen molar-refractivity contribution in [3.05, 3.63) is 72.1 Å². The molecule has 0 aliphatic carbocycles. The minimum Gasteiger partial charge on any atom is -0.496 e. The van der Waals surface area contributed by atoms with Gasteiger partial charge < -0.3 is 14.5 Å². The zero-order valence-corrected chi connectivity index (χ0v) is 18.0. The molecule has 9 heteroatoms. The first kappa shape index (κ1) is 21.5. The van der Waals surface area contributed by atoms with Crippen molar-refractivity contribution in [3.63, 3.8) is 0 Å². The summed E-state index contributed by atoms with van der Waals surface area (Å²) in [6, 6.07) is 16.5. The molecule has 1 aromatic heterocycles. The lowest BCUT2D eigenvalue weighted by Crippen LogP contribution is -2.41. The first-order valence-electron chi connectivity index (χ1n) is 10.6. The second-order valence-corrected chi connectivity index (χ2v) is 7.67. The van der Waals surface area contributed by atoms with Crippen LogP contribution in [0.15, 0.2) is 60.9 Å². The van der Waals surface area contributed by atoms with Crippen molar-refractivity contribution in [3.8, 4) is 5.75 Å². The Morgan fingerprint density at radius 2 is 1.69 bits per heavy atom. The molecule has 0 radical (unpaired) electrons. The van der Waals surface area contributed by atoms with Crippen LogP contribution in [-0.4, -0.2) is 75.1 Å². The number of hydrogen-bond donors (Lipinski definition) is 0. The molecule has 1 aliphatic rings. The second kappa shape index (κ2) is 10.0. The van der Waals surface area contributed by atoms with Crippen LogP contribution in [-0.2, 0) is 11.2 Å². The maximum Gasteiger partial charge on any atom is 0.257 e. The molecular formula is C23H26N6O3. The van der Waals surface area contributed by atoms with Gasteiger partial charge in [0, 0.05) is 32.6 Å². The monoisotopic (exact) mass is 434 g/mol. The standard InChI is InChI=1S/C23H26N6O3/c1-32-21-11-6-5-10-19(21)22(30)27-12-7-13-28(15-14-27)23(31)20(29-17-24-25-26-29)16-18-8-3-2-4-9-18/h2-6,8-11,17,20H,7,12-16H2,1H3. The summed E-state index contributed by atoms with van der Waals surface area (Å²) in [5, 5.41) is 11.4. The van der Waals surface area contributed by atoms with Gasteiger partial charge in [0.05, 0.1) is 12.7 Å². The normalized spacial score (nSPS) is 15.2. The number of para-hydroxylation sites is 1. The molecule has 3 aromatic rings. The number of carbonyl (C=O) groups excluding carboxylic acids is 2. The summed E-state index contributed by atoms with van der Waals surface area (Å²) in [7, 11) is 1.56. The van der Waals surface area contributed by atoms with Crippen molar-refractivity contribution < 1.29 is 14.3 Å². The Labute approximate surface area is 186 Å². The van der Waals surface area contributed by atoms with Gasteiger partial charge in [-0.2, -0.15) is 0 Å². The van der Waals surface area contributed by atoms with Crippen LogP contribution >= 0.6 is 0 Å². The fourth-order valence-electron chi connectivity index (χ4n) is 3.99. The van der Waals surface area contributed by atoms with Gasteiger partial charge in [0.2, 0.25) is 5.91 Å². The Bertz CT molecular complexity index is 1040. The zero-order chi connectivity index (χ0) is 22.3. The van der Waals surface area contributed by atoms with Crippen LogP contribution in [0, 0.1) is 0 Å². The highest BCUT2D eigenvalue weighted by Crippen LogP contribution is 2.21. The van der Waals surface area contributed by atoms with Gasteiger partial charge in [-0.15, -0.1) is 5.10 Å². The summed E-state index contributed by atoms with van der Waals surface area (Å²) in [5.74, 6) is 0.419. The second-order valence-electron chi connectivity index (χ2n) is 7.67. The van der Waals surface area contributed by atoms with E-state index in [1.165, 1.54) is 11.0 Å². The predicted molar refractivity (Wildman–Crippen MR) is 117 cm³/mol. The van der Waals surface area contributed by atoms with Crippen molar-refractivity contribution in [2.24, 2.45) is 0 Å². The SMILES string of the molecule is COc1ccccc1C(=O)N1CCCN(C(=O)C(Cc2ccccc2)n2cnnn2)CC1. The van der Waals surface area contributed by atoms with E-state index in [9.17, 15) is 9.59 Å². The van der Waals surface area contributed by atoms with Crippen molar-refractivity contribution in [1.29, 1.82) is 0 Å². The molecule has 1 saturated heterocycles.